The van der Waals surface area contributed by atoms with Gasteiger partial charge in [-0.15, -0.1) is 0 Å². The van der Waals surface area contributed by atoms with Crippen LogP contribution in [0.5, 0.6) is 0 Å². The fraction of sp³-hybridized carbons (Fsp3) is 0.440. The van der Waals surface area contributed by atoms with Crippen LogP contribution in [0.4, 0.5) is 24.5 Å². The molecule has 5 rings (SSSR count). The molecule has 4 heterocycles. The number of carbonyl (C=O) groups excluding carboxylic acids is 1. The standard InChI is InChI=1S/C25H28F3N5O3/c26-25(27,28)18-1-2-21(33-11-9-32(10-12-33)16-19-5-8-29-31-19)20(15-18)30-24(34)23-4-3-22(36-23)17-6-13-35-14-7-17/h1-5,8,15,17H,6-7,9-14,16H2,(H,29,31)(H,30,34). The van der Waals surface area contributed by atoms with Gasteiger partial charge in [0.15, 0.2) is 5.76 Å². The van der Waals surface area contributed by atoms with E-state index in [1.807, 2.05) is 11.0 Å². The summed E-state index contributed by atoms with van der Waals surface area (Å²) in [6.45, 7) is 4.61. The molecule has 0 spiro atoms. The highest BCUT2D eigenvalue weighted by atomic mass is 19.4. The highest BCUT2D eigenvalue weighted by Gasteiger charge is 2.32. The largest absolute Gasteiger partial charge is 0.456 e. The molecule has 1 aromatic carbocycles. The van der Waals surface area contributed by atoms with Gasteiger partial charge in [0.1, 0.15) is 5.76 Å². The maximum absolute atomic E-state index is 13.5. The average Bonchev–Trinajstić information content (AvgIpc) is 3.57. The predicted octanol–water partition coefficient (Wildman–Crippen LogP) is 4.49. The predicted molar refractivity (Wildman–Crippen MR) is 127 cm³/mol. The van der Waals surface area contributed by atoms with Gasteiger partial charge in [0.2, 0.25) is 0 Å². The molecule has 2 N–H and O–H groups in total. The Morgan fingerprint density at radius 1 is 1.08 bits per heavy atom. The van der Waals surface area contributed by atoms with E-state index in [0.29, 0.717) is 57.4 Å². The zero-order chi connectivity index (χ0) is 25.1. The van der Waals surface area contributed by atoms with Crippen LogP contribution in [-0.2, 0) is 17.5 Å². The monoisotopic (exact) mass is 503 g/mol. The number of anilines is 2. The number of halogens is 3. The molecule has 2 aromatic heterocycles. The van der Waals surface area contributed by atoms with Gasteiger partial charge < -0.3 is 19.4 Å². The molecule has 0 atom stereocenters. The minimum absolute atomic E-state index is 0.0728. The third-order valence-corrected chi connectivity index (χ3v) is 6.70. The van der Waals surface area contributed by atoms with E-state index in [0.717, 1.165) is 30.7 Å². The summed E-state index contributed by atoms with van der Waals surface area (Å²) < 4.78 is 51.6. The van der Waals surface area contributed by atoms with Crippen LogP contribution in [0.3, 0.4) is 0 Å². The van der Waals surface area contributed by atoms with Crippen molar-refractivity contribution in [1.82, 2.24) is 15.1 Å². The summed E-state index contributed by atoms with van der Waals surface area (Å²) in [6, 6.07) is 8.72. The minimum Gasteiger partial charge on any atom is -0.456 e. The molecule has 8 nitrogen and oxygen atoms in total. The maximum atomic E-state index is 13.5. The Bertz CT molecular complexity index is 1160. The second-order valence-electron chi connectivity index (χ2n) is 9.10. The molecule has 192 valence electrons. The molecule has 0 bridgehead atoms. The van der Waals surface area contributed by atoms with E-state index in [1.165, 1.54) is 6.07 Å². The van der Waals surface area contributed by atoms with E-state index in [2.05, 4.69) is 20.4 Å². The van der Waals surface area contributed by atoms with E-state index < -0.39 is 17.6 Å². The third kappa shape index (κ3) is 5.57. The highest BCUT2D eigenvalue weighted by Crippen LogP contribution is 2.36. The molecule has 36 heavy (non-hydrogen) atoms. The van der Waals surface area contributed by atoms with Crippen LogP contribution < -0.4 is 10.2 Å². The van der Waals surface area contributed by atoms with Gasteiger partial charge in [-0.05, 0) is 49.2 Å². The Balaban J connectivity index is 1.32. The number of H-pyrrole nitrogens is 1. The molecule has 0 saturated carbocycles. The Hall–Kier alpha value is -3.31. The lowest BCUT2D eigenvalue weighted by atomic mass is 9.98. The number of alkyl halides is 3. The Labute approximate surface area is 206 Å². The van der Waals surface area contributed by atoms with Crippen LogP contribution >= 0.6 is 0 Å². The fourth-order valence-electron chi connectivity index (χ4n) is 4.70. The summed E-state index contributed by atoms with van der Waals surface area (Å²) in [7, 11) is 0. The van der Waals surface area contributed by atoms with Crippen molar-refractivity contribution >= 4 is 17.3 Å². The molecule has 0 radical (unpaired) electrons. The van der Waals surface area contributed by atoms with Crippen molar-refractivity contribution in [2.24, 2.45) is 0 Å². The van der Waals surface area contributed by atoms with Crippen molar-refractivity contribution in [1.29, 1.82) is 0 Å². The summed E-state index contributed by atoms with van der Waals surface area (Å²) in [5.41, 5.74) is 0.775. The smallest absolute Gasteiger partial charge is 0.416 e. The molecule has 0 aliphatic carbocycles. The number of hydrogen-bond acceptors (Lipinski definition) is 6. The van der Waals surface area contributed by atoms with Crippen LogP contribution in [0.2, 0.25) is 0 Å². The number of nitrogens with zero attached hydrogens (tertiary/aromatic N) is 3. The number of furan rings is 1. The summed E-state index contributed by atoms with van der Waals surface area (Å²) in [5, 5.41) is 9.65. The average molecular weight is 504 g/mol. The Morgan fingerprint density at radius 3 is 2.56 bits per heavy atom. The molecule has 2 saturated heterocycles. The number of aromatic nitrogens is 2. The lowest BCUT2D eigenvalue weighted by Crippen LogP contribution is -2.46. The number of aromatic amines is 1. The Morgan fingerprint density at radius 2 is 1.86 bits per heavy atom. The number of carbonyl (C=O) groups is 1. The molecule has 2 aliphatic rings. The zero-order valence-corrected chi connectivity index (χ0v) is 19.7. The van der Waals surface area contributed by atoms with Crippen LogP contribution in [-0.4, -0.2) is 60.4 Å². The maximum Gasteiger partial charge on any atom is 0.416 e. The third-order valence-electron chi connectivity index (χ3n) is 6.70. The lowest BCUT2D eigenvalue weighted by molar-refractivity contribution is -0.137. The van der Waals surface area contributed by atoms with Crippen molar-refractivity contribution in [3.8, 4) is 0 Å². The summed E-state index contributed by atoms with van der Waals surface area (Å²) in [5.74, 6) is 0.359. The second-order valence-corrected chi connectivity index (χ2v) is 9.10. The van der Waals surface area contributed by atoms with Gasteiger partial charge in [-0.2, -0.15) is 18.3 Å². The van der Waals surface area contributed by atoms with E-state index in [4.69, 9.17) is 9.15 Å². The number of nitrogens with one attached hydrogen (secondary N) is 2. The number of piperazine rings is 1. The quantitative estimate of drug-likeness (QED) is 0.516. The summed E-state index contributed by atoms with van der Waals surface area (Å²) in [4.78, 5) is 17.2. The van der Waals surface area contributed by atoms with Gasteiger partial charge in [-0.1, -0.05) is 0 Å². The molecular weight excluding hydrogens is 475 g/mol. The van der Waals surface area contributed by atoms with Gasteiger partial charge in [0, 0.05) is 58.1 Å². The van der Waals surface area contributed by atoms with Crippen LogP contribution in [0.1, 0.15) is 46.3 Å². The van der Waals surface area contributed by atoms with Gasteiger partial charge in [-0.25, -0.2) is 0 Å². The van der Waals surface area contributed by atoms with Crippen molar-refractivity contribution in [3.63, 3.8) is 0 Å². The minimum atomic E-state index is -4.53. The molecule has 3 aromatic rings. The van der Waals surface area contributed by atoms with Gasteiger partial charge in [-0.3, -0.25) is 14.8 Å². The zero-order valence-electron chi connectivity index (χ0n) is 19.7. The second kappa shape index (κ2) is 10.4. The number of benzene rings is 1. The van der Waals surface area contributed by atoms with Crippen LogP contribution in [0, 0.1) is 0 Å². The van der Waals surface area contributed by atoms with Gasteiger partial charge >= 0.3 is 6.18 Å². The first-order valence-electron chi connectivity index (χ1n) is 12.0. The van der Waals surface area contributed by atoms with Gasteiger partial charge in [0.05, 0.1) is 22.6 Å². The Kier molecular flexibility index (Phi) is 7.01. The molecule has 2 aliphatic heterocycles. The van der Waals surface area contributed by atoms with Crippen LogP contribution in [0.15, 0.2) is 47.0 Å². The normalized spacial score (nSPS) is 17.9. The van der Waals surface area contributed by atoms with Crippen LogP contribution in [0.25, 0.3) is 0 Å². The first-order valence-corrected chi connectivity index (χ1v) is 12.0. The van der Waals surface area contributed by atoms with Crippen molar-refractivity contribution in [3.05, 3.63) is 65.4 Å². The first-order chi connectivity index (χ1) is 17.4. The molecular formula is C25H28F3N5O3. The SMILES string of the molecule is O=C(Nc1cc(C(F)(F)F)ccc1N1CCN(Cc2cc[nH]n2)CC1)c1ccc(C2CCOCC2)o1. The number of hydrogen-bond donors (Lipinski definition) is 2. The van der Waals surface area contributed by atoms with Crippen molar-refractivity contribution < 1.29 is 27.1 Å². The van der Waals surface area contributed by atoms with Crippen molar-refractivity contribution in [2.75, 3.05) is 49.6 Å². The number of rotatable bonds is 6. The first kappa shape index (κ1) is 24.4. The number of ether oxygens (including phenoxy) is 1. The number of amides is 1. The molecule has 0 unspecified atom stereocenters. The van der Waals surface area contributed by atoms with E-state index in [-0.39, 0.29) is 17.4 Å². The summed E-state index contributed by atoms with van der Waals surface area (Å²) >= 11 is 0. The van der Waals surface area contributed by atoms with E-state index >= 15 is 0 Å². The van der Waals surface area contributed by atoms with E-state index in [9.17, 15) is 18.0 Å². The molecule has 11 heteroatoms. The highest BCUT2D eigenvalue weighted by molar-refractivity contribution is 6.04. The molecule has 2 fully saturated rings. The van der Waals surface area contributed by atoms with Gasteiger partial charge in [0.25, 0.3) is 5.91 Å². The van der Waals surface area contributed by atoms with E-state index in [1.54, 1.807) is 18.3 Å². The fourth-order valence-corrected chi connectivity index (χ4v) is 4.70. The molecule has 1 amide bonds. The summed E-state index contributed by atoms with van der Waals surface area (Å²) in [6.07, 6.45) is -1.15. The topological polar surface area (TPSA) is 86.6 Å². The lowest BCUT2D eigenvalue weighted by Gasteiger charge is -2.36. The van der Waals surface area contributed by atoms with Crippen molar-refractivity contribution in [2.45, 2.75) is 31.5 Å².